The number of H-pyrrole nitrogens is 1. The number of amides is 5. The summed E-state index contributed by atoms with van der Waals surface area (Å²) in [5, 5.41) is 73.2. The van der Waals surface area contributed by atoms with Gasteiger partial charge in [-0.15, -0.1) is 11.8 Å². The molecule has 0 radical (unpaired) electrons. The van der Waals surface area contributed by atoms with Gasteiger partial charge >= 0.3 is 23.9 Å². The SMILES string of the molecule is CCn1c(O)cc(SC[C@H](NC(=O)[C@H](CC(=O)O)NC(=O)[C@H](CCCN=C(N)N)NC(=O)[C@H](CC(=O)O)NC(=O)CC[C@H](NC(=O)c2ccc(NCc3cnc4nc(N)[nH]c(=O)c4n3)cc2)C(=O)O)C(=O)O)c1O. The van der Waals surface area contributed by atoms with Gasteiger partial charge in [0.05, 0.1) is 36.2 Å². The van der Waals surface area contributed by atoms with Gasteiger partial charge in [-0.3, -0.25) is 52.9 Å². The van der Waals surface area contributed by atoms with E-state index in [4.69, 9.17) is 17.2 Å². The summed E-state index contributed by atoms with van der Waals surface area (Å²) in [4.78, 5) is 145. The smallest absolute Gasteiger partial charge is 0.327 e. The number of aromatic amines is 1. The summed E-state index contributed by atoms with van der Waals surface area (Å²) in [5.74, 6) is -13.7. The fourth-order valence-corrected chi connectivity index (χ4v) is 7.65. The number of nitrogens with one attached hydrogen (secondary N) is 7. The normalized spacial score (nSPS) is 12.9. The molecule has 74 heavy (non-hydrogen) atoms. The van der Waals surface area contributed by atoms with Gasteiger partial charge in [0.25, 0.3) is 11.5 Å². The van der Waals surface area contributed by atoms with E-state index >= 15 is 0 Å². The van der Waals surface area contributed by atoms with Crippen molar-refractivity contribution >= 4 is 93.9 Å². The van der Waals surface area contributed by atoms with E-state index in [1.165, 1.54) is 30.5 Å². The van der Waals surface area contributed by atoms with Gasteiger partial charge in [0.15, 0.2) is 23.0 Å². The molecule has 0 saturated heterocycles. The maximum atomic E-state index is 13.7. The molecular weight excluding hydrogens is 1000 g/mol. The third-order valence-electron chi connectivity index (χ3n) is 10.3. The minimum absolute atomic E-state index is 0.0131. The van der Waals surface area contributed by atoms with Crippen molar-refractivity contribution in [2.75, 3.05) is 23.3 Å². The van der Waals surface area contributed by atoms with E-state index in [1.54, 1.807) is 6.92 Å². The Hall–Kier alpha value is -9.23. The van der Waals surface area contributed by atoms with Crippen LogP contribution in [0.15, 0.2) is 51.2 Å². The zero-order chi connectivity index (χ0) is 54.8. The Morgan fingerprint density at radius 2 is 1.38 bits per heavy atom. The number of nitrogen functional groups attached to an aromatic ring is 1. The largest absolute Gasteiger partial charge is 0.494 e. The van der Waals surface area contributed by atoms with Crippen LogP contribution >= 0.6 is 11.8 Å². The Morgan fingerprint density at radius 1 is 0.784 bits per heavy atom. The number of hydrogen-bond acceptors (Lipinski definition) is 19. The van der Waals surface area contributed by atoms with Gasteiger partial charge in [-0.2, -0.15) is 4.98 Å². The number of thioether (sulfide) groups is 1. The van der Waals surface area contributed by atoms with Crippen molar-refractivity contribution in [2.24, 2.45) is 16.5 Å². The second-order valence-electron chi connectivity index (χ2n) is 15.9. The van der Waals surface area contributed by atoms with E-state index in [-0.39, 0.29) is 77.8 Å². The monoisotopic (exact) mass is 1060 g/mol. The Kier molecular flexibility index (Phi) is 20.8. The summed E-state index contributed by atoms with van der Waals surface area (Å²) in [6.07, 6.45) is -2.46. The number of nitrogens with zero attached hydrogens (tertiary/aromatic N) is 5. The summed E-state index contributed by atoms with van der Waals surface area (Å²) >= 11 is 0.725. The fraction of sp³-hybridized carbons (Fsp3) is 0.381. The van der Waals surface area contributed by atoms with Crippen LogP contribution in [0.5, 0.6) is 11.8 Å². The highest BCUT2D eigenvalue weighted by atomic mass is 32.2. The number of anilines is 2. The number of aromatic hydroxyl groups is 2. The number of aliphatic carboxylic acids is 4. The summed E-state index contributed by atoms with van der Waals surface area (Å²) < 4.78 is 1.11. The molecule has 0 bridgehead atoms. The molecule has 0 unspecified atom stereocenters. The molecule has 398 valence electrons. The molecule has 19 N–H and O–H groups in total. The van der Waals surface area contributed by atoms with Crippen LogP contribution in [0, 0.1) is 0 Å². The summed E-state index contributed by atoms with van der Waals surface area (Å²) in [5.41, 5.74) is 16.6. The Balaban J connectivity index is 1.39. The van der Waals surface area contributed by atoms with Crippen molar-refractivity contribution in [3.8, 4) is 11.8 Å². The minimum atomic E-state index is -1.98. The molecular formula is C42H53N15O16S. The molecule has 0 spiro atoms. The molecule has 0 saturated carbocycles. The van der Waals surface area contributed by atoms with Gasteiger partial charge in [-0.05, 0) is 50.5 Å². The van der Waals surface area contributed by atoms with Crippen LogP contribution in [-0.4, -0.2) is 157 Å². The third-order valence-corrected chi connectivity index (χ3v) is 11.5. The van der Waals surface area contributed by atoms with E-state index in [0.717, 1.165) is 22.4 Å². The van der Waals surface area contributed by atoms with E-state index < -0.39 is 121 Å². The predicted octanol–water partition coefficient (Wildman–Crippen LogP) is -3.08. The number of fused-ring (bicyclic) bond motifs is 1. The van der Waals surface area contributed by atoms with Crippen LogP contribution in [0.2, 0.25) is 0 Å². The van der Waals surface area contributed by atoms with Gasteiger partial charge in [-0.1, -0.05) is 0 Å². The number of carboxylic acid groups (broad SMARTS) is 4. The first-order valence-corrected chi connectivity index (χ1v) is 23.0. The highest BCUT2D eigenvalue weighted by molar-refractivity contribution is 7.99. The molecule has 1 aromatic carbocycles. The van der Waals surface area contributed by atoms with Crippen molar-refractivity contribution in [1.29, 1.82) is 0 Å². The van der Waals surface area contributed by atoms with Gasteiger partial charge in [0, 0.05) is 42.6 Å². The Morgan fingerprint density at radius 3 is 1.96 bits per heavy atom. The van der Waals surface area contributed by atoms with Crippen molar-refractivity contribution in [3.05, 3.63) is 58.1 Å². The van der Waals surface area contributed by atoms with E-state index in [0.29, 0.717) is 11.4 Å². The topological polar surface area (TPSA) is 514 Å². The summed E-state index contributed by atoms with van der Waals surface area (Å²) in [6, 6.07) is -2.16. The quantitative estimate of drug-likeness (QED) is 0.0111. The lowest BCUT2D eigenvalue weighted by atomic mass is 10.1. The number of carbonyl (C=O) groups is 9. The number of guanidine groups is 1. The van der Waals surface area contributed by atoms with Crippen molar-refractivity contribution in [3.63, 3.8) is 0 Å². The van der Waals surface area contributed by atoms with Crippen LogP contribution in [0.25, 0.3) is 11.2 Å². The molecule has 3 heterocycles. The average Bonchev–Trinajstić information content (AvgIpc) is 3.61. The van der Waals surface area contributed by atoms with Crippen molar-refractivity contribution < 1.29 is 73.8 Å². The number of aromatic nitrogens is 5. The maximum Gasteiger partial charge on any atom is 0.327 e. The first kappa shape index (κ1) is 57.3. The number of benzene rings is 1. The average molecular weight is 1060 g/mol. The van der Waals surface area contributed by atoms with Crippen LogP contribution in [0.3, 0.4) is 0 Å². The number of hydrogen-bond donors (Lipinski definition) is 16. The first-order chi connectivity index (χ1) is 34.9. The number of carboxylic acids is 4. The lowest BCUT2D eigenvalue weighted by molar-refractivity contribution is -0.143. The standard InChI is InChI=1S/C42H53N15O16S/c1-2-57-28(59)14-26(38(57)69)74-17-25(40(72)73)54-36(67)24(13-30(62)63)53-34(65)21(4-3-11-46-41(43)44)51-35(66)23(12-29(60)61)50-27(58)10-9-22(39(70)71)52-33(64)18-5-7-19(8-6-18)47-15-20-16-48-32-31(49-20)37(68)56-42(45)55-32/h5-8,14,16,21-25,47,59,69H,2-4,9-13,15,17H2,1H3,(H,50,58)(H,51,66)(H,52,64)(H,53,65)(H,54,67)(H,60,61)(H,62,63)(H,70,71)(H,72,73)(H4,43,44,46)(H3,45,48,55,56,68)/t21-,22-,23-,24-,25-/m0/s1. The second-order valence-corrected chi connectivity index (χ2v) is 16.9. The summed E-state index contributed by atoms with van der Waals surface area (Å²) in [7, 11) is 0. The second kappa shape index (κ2) is 26.8. The Labute approximate surface area is 421 Å². The zero-order valence-electron chi connectivity index (χ0n) is 39.1. The lowest BCUT2D eigenvalue weighted by Crippen LogP contribution is -2.58. The molecule has 3 aromatic heterocycles. The fourth-order valence-electron chi connectivity index (χ4n) is 6.65. The number of nitrogens with two attached hydrogens (primary N) is 3. The number of rotatable bonds is 29. The van der Waals surface area contributed by atoms with Crippen molar-refractivity contribution in [1.82, 2.24) is 51.1 Å². The first-order valence-electron chi connectivity index (χ1n) is 22.0. The predicted molar refractivity (Wildman–Crippen MR) is 258 cm³/mol. The van der Waals surface area contributed by atoms with Gasteiger partial charge in [0.2, 0.25) is 35.5 Å². The van der Waals surface area contributed by atoms with Gasteiger partial charge in [0.1, 0.15) is 30.2 Å². The lowest BCUT2D eigenvalue weighted by Gasteiger charge is -2.25. The molecule has 0 aliphatic carbocycles. The van der Waals surface area contributed by atoms with Crippen molar-refractivity contribution in [2.45, 2.75) is 93.6 Å². The number of carbonyl (C=O) groups excluding carboxylic acids is 5. The van der Waals surface area contributed by atoms with E-state index in [2.05, 4.69) is 56.8 Å². The van der Waals surface area contributed by atoms with Gasteiger partial charge < -0.3 is 79.7 Å². The molecule has 0 aliphatic heterocycles. The van der Waals surface area contributed by atoms with Crippen LogP contribution in [0.4, 0.5) is 11.6 Å². The van der Waals surface area contributed by atoms with E-state index in [9.17, 15) is 78.6 Å². The molecule has 32 heteroatoms. The molecule has 5 amide bonds. The molecule has 0 aliphatic rings. The van der Waals surface area contributed by atoms with Crippen LogP contribution < -0.4 is 54.7 Å². The molecule has 0 fully saturated rings. The van der Waals surface area contributed by atoms with Crippen LogP contribution in [0.1, 0.15) is 61.5 Å². The zero-order valence-corrected chi connectivity index (χ0v) is 39.9. The highest BCUT2D eigenvalue weighted by Crippen LogP contribution is 2.35. The molecule has 31 nitrogen and oxygen atoms in total. The molecule has 5 atom stereocenters. The maximum absolute atomic E-state index is 13.7. The minimum Gasteiger partial charge on any atom is -0.494 e. The molecule has 4 aromatic rings. The highest BCUT2D eigenvalue weighted by Gasteiger charge is 2.34. The number of aliphatic imine (C=N–C) groups is 1. The van der Waals surface area contributed by atoms with Gasteiger partial charge in [-0.25, -0.2) is 19.6 Å². The molecule has 4 rings (SSSR count). The summed E-state index contributed by atoms with van der Waals surface area (Å²) in [6.45, 7) is 1.74. The third kappa shape index (κ3) is 17.3. The van der Waals surface area contributed by atoms with E-state index in [1.807, 2.05) is 0 Å². The Bertz CT molecular complexity index is 2840. The van der Waals surface area contributed by atoms with Crippen LogP contribution in [-0.2, 0) is 51.4 Å².